The van der Waals surface area contributed by atoms with Crippen molar-refractivity contribution in [3.05, 3.63) is 59.7 Å². The second-order valence-electron chi connectivity index (χ2n) is 9.05. The number of aryl methyl sites for hydroxylation is 1. The molecule has 1 amide bonds. The highest BCUT2D eigenvalue weighted by Crippen LogP contribution is 2.28. The van der Waals surface area contributed by atoms with Gasteiger partial charge in [0, 0.05) is 43.8 Å². The molecule has 1 fully saturated rings. The van der Waals surface area contributed by atoms with Crippen LogP contribution in [0.25, 0.3) is 10.9 Å². The third-order valence-corrected chi connectivity index (χ3v) is 7.84. The van der Waals surface area contributed by atoms with Crippen molar-refractivity contribution < 1.29 is 23.1 Å². The molecule has 0 spiro atoms. The van der Waals surface area contributed by atoms with Crippen molar-refractivity contribution in [3.63, 3.8) is 0 Å². The Morgan fingerprint density at radius 3 is 2.46 bits per heavy atom. The van der Waals surface area contributed by atoms with Crippen LogP contribution >= 0.6 is 0 Å². The summed E-state index contributed by atoms with van der Waals surface area (Å²) >= 11 is 0. The van der Waals surface area contributed by atoms with Crippen LogP contribution in [0.4, 0.5) is 11.5 Å². The summed E-state index contributed by atoms with van der Waals surface area (Å²) < 4.78 is 28.4. The Morgan fingerprint density at radius 1 is 1.05 bits per heavy atom. The van der Waals surface area contributed by atoms with Gasteiger partial charge in [-0.15, -0.1) is 0 Å². The number of pyridine rings is 1. The number of piperazine rings is 1. The number of hydrogen-bond acceptors (Lipinski definition) is 7. The van der Waals surface area contributed by atoms with Gasteiger partial charge < -0.3 is 15.3 Å². The molecular formula is C26H31N5O5S. The number of amides is 1. The Kier molecular flexibility index (Phi) is 7.94. The predicted octanol–water partition coefficient (Wildman–Crippen LogP) is 2.69. The number of carboxylic acid groups (broad SMARTS) is 1. The topological polar surface area (TPSA) is 132 Å². The van der Waals surface area contributed by atoms with Crippen LogP contribution in [-0.4, -0.2) is 74.6 Å². The summed E-state index contributed by atoms with van der Waals surface area (Å²) in [5.41, 5.74) is 1.35. The molecule has 2 aromatic carbocycles. The lowest BCUT2D eigenvalue weighted by molar-refractivity contribution is -0.122. The number of carbonyl (C=O) groups is 2. The fourth-order valence-electron chi connectivity index (χ4n) is 4.34. The molecule has 3 aromatic rings. The molecule has 11 heteroatoms. The highest BCUT2D eigenvalue weighted by atomic mass is 32.2. The Labute approximate surface area is 216 Å². The van der Waals surface area contributed by atoms with Gasteiger partial charge >= 0.3 is 5.97 Å². The van der Waals surface area contributed by atoms with Gasteiger partial charge in [-0.1, -0.05) is 25.1 Å². The number of rotatable bonds is 9. The molecule has 1 aromatic heterocycles. The highest BCUT2D eigenvalue weighted by molar-refractivity contribution is 7.92. The van der Waals surface area contributed by atoms with Crippen molar-refractivity contribution in [2.45, 2.75) is 25.2 Å². The molecule has 0 bridgehead atoms. The predicted molar refractivity (Wildman–Crippen MR) is 143 cm³/mol. The fourth-order valence-corrected chi connectivity index (χ4v) is 5.64. The molecular weight excluding hydrogens is 494 g/mol. The van der Waals surface area contributed by atoms with Crippen molar-refractivity contribution in [1.82, 2.24) is 15.2 Å². The second kappa shape index (κ2) is 11.1. The van der Waals surface area contributed by atoms with E-state index in [4.69, 9.17) is 0 Å². The quantitative estimate of drug-likeness (QED) is 0.389. The van der Waals surface area contributed by atoms with E-state index in [9.17, 15) is 23.1 Å². The van der Waals surface area contributed by atoms with Gasteiger partial charge in [-0.2, -0.15) is 0 Å². The molecule has 0 saturated carbocycles. The van der Waals surface area contributed by atoms with Crippen LogP contribution in [0.5, 0.6) is 0 Å². The molecule has 0 unspecified atom stereocenters. The first kappa shape index (κ1) is 26.4. The number of benzene rings is 2. The molecule has 3 N–H and O–H groups in total. The maximum Gasteiger partial charge on any atom is 0.336 e. The Bertz CT molecular complexity index is 1420. The number of aromatic carboxylic acids is 1. The maximum absolute atomic E-state index is 12.9. The van der Waals surface area contributed by atoms with E-state index in [1.807, 2.05) is 11.8 Å². The average molecular weight is 526 g/mol. The summed E-state index contributed by atoms with van der Waals surface area (Å²) in [4.78, 5) is 33.0. The van der Waals surface area contributed by atoms with Crippen molar-refractivity contribution in [1.29, 1.82) is 0 Å². The van der Waals surface area contributed by atoms with E-state index < -0.39 is 16.0 Å². The highest BCUT2D eigenvalue weighted by Gasteiger charge is 2.23. The van der Waals surface area contributed by atoms with Gasteiger partial charge in [0.05, 0.1) is 22.5 Å². The van der Waals surface area contributed by atoms with E-state index in [2.05, 4.69) is 19.9 Å². The molecule has 1 aliphatic heterocycles. The van der Waals surface area contributed by atoms with Gasteiger partial charge in [0.15, 0.2) is 0 Å². The monoisotopic (exact) mass is 525 g/mol. The zero-order chi connectivity index (χ0) is 26.6. The molecule has 10 nitrogen and oxygen atoms in total. The van der Waals surface area contributed by atoms with Crippen molar-refractivity contribution in [2.24, 2.45) is 0 Å². The lowest BCUT2D eigenvalue weighted by Gasteiger charge is -2.35. The molecule has 0 radical (unpaired) electrons. The number of carboxylic acids is 1. The summed E-state index contributed by atoms with van der Waals surface area (Å²) in [5.74, 6) is -0.590. The second-order valence-corrected chi connectivity index (χ2v) is 10.7. The van der Waals surface area contributed by atoms with Gasteiger partial charge in [0.1, 0.15) is 5.82 Å². The number of hydrogen-bond donors (Lipinski definition) is 3. The van der Waals surface area contributed by atoms with Crippen LogP contribution < -0.4 is 14.9 Å². The lowest BCUT2D eigenvalue weighted by Crippen LogP contribution is -2.49. The van der Waals surface area contributed by atoms with Crippen LogP contribution in [0.15, 0.2) is 53.4 Å². The first-order valence-electron chi connectivity index (χ1n) is 12.2. The number of carbonyl (C=O) groups excluding carboxylic acids is 1. The number of aromatic nitrogens is 1. The summed E-state index contributed by atoms with van der Waals surface area (Å²) in [7, 11) is -3.85. The van der Waals surface area contributed by atoms with Crippen molar-refractivity contribution in [3.8, 4) is 0 Å². The van der Waals surface area contributed by atoms with Crippen molar-refractivity contribution in [2.75, 3.05) is 48.9 Å². The molecule has 37 heavy (non-hydrogen) atoms. The van der Waals surface area contributed by atoms with E-state index in [1.54, 1.807) is 37.3 Å². The zero-order valence-corrected chi connectivity index (χ0v) is 21.7. The normalized spacial score (nSPS) is 14.5. The maximum atomic E-state index is 12.9. The van der Waals surface area contributed by atoms with Crippen LogP contribution in [-0.2, 0) is 14.8 Å². The minimum atomic E-state index is -3.85. The van der Waals surface area contributed by atoms with Gasteiger partial charge in [-0.3, -0.25) is 14.4 Å². The first-order chi connectivity index (χ1) is 17.7. The van der Waals surface area contributed by atoms with E-state index >= 15 is 0 Å². The van der Waals surface area contributed by atoms with Gasteiger partial charge in [-0.05, 0) is 49.2 Å². The van der Waals surface area contributed by atoms with Crippen LogP contribution in [0, 0.1) is 6.92 Å². The summed E-state index contributed by atoms with van der Waals surface area (Å²) in [6, 6.07) is 12.9. The Hall–Kier alpha value is -3.70. The molecule has 1 aliphatic rings. The summed E-state index contributed by atoms with van der Waals surface area (Å²) in [6.07, 6.45) is 0.888. The molecule has 1 saturated heterocycles. The van der Waals surface area contributed by atoms with Crippen LogP contribution in [0.3, 0.4) is 0 Å². The summed E-state index contributed by atoms with van der Waals surface area (Å²) in [5, 5.41) is 13.1. The third-order valence-electron chi connectivity index (χ3n) is 6.30. The number of nitrogens with zero attached hydrogens (tertiary/aromatic N) is 3. The summed E-state index contributed by atoms with van der Waals surface area (Å²) in [6.45, 7) is 7.23. The standard InChI is InChI=1S/C26H31N5O5S/c1-3-10-27-25(32)17-30-11-13-31(14-12-30)24-16-21(26(33)34)20-15-19(8-9-22(20)28-24)29-37(35,36)23-7-5-4-6-18(23)2/h4-9,15-16,29H,3,10-14,17H2,1-2H3,(H,27,32)(H,33,34). The minimum absolute atomic E-state index is 0.00106. The van der Waals surface area contributed by atoms with E-state index in [0.29, 0.717) is 61.6 Å². The largest absolute Gasteiger partial charge is 0.478 e. The van der Waals surface area contributed by atoms with E-state index in [-0.39, 0.29) is 22.1 Å². The Morgan fingerprint density at radius 2 is 1.78 bits per heavy atom. The van der Waals surface area contributed by atoms with E-state index in [0.717, 1.165) is 6.42 Å². The van der Waals surface area contributed by atoms with Gasteiger partial charge in [0.2, 0.25) is 5.91 Å². The zero-order valence-electron chi connectivity index (χ0n) is 20.9. The van der Waals surface area contributed by atoms with Gasteiger partial charge in [-0.25, -0.2) is 18.2 Å². The molecule has 0 atom stereocenters. The number of fused-ring (bicyclic) bond motifs is 1. The number of nitrogens with one attached hydrogen (secondary N) is 2. The molecule has 2 heterocycles. The minimum Gasteiger partial charge on any atom is -0.478 e. The van der Waals surface area contributed by atoms with Crippen molar-refractivity contribution >= 4 is 44.3 Å². The van der Waals surface area contributed by atoms with E-state index in [1.165, 1.54) is 18.2 Å². The lowest BCUT2D eigenvalue weighted by atomic mass is 10.1. The number of anilines is 2. The third kappa shape index (κ3) is 6.17. The molecule has 4 rings (SSSR count). The van der Waals surface area contributed by atoms with Crippen LogP contribution in [0.2, 0.25) is 0 Å². The van der Waals surface area contributed by atoms with Crippen LogP contribution in [0.1, 0.15) is 29.3 Å². The SMILES string of the molecule is CCCNC(=O)CN1CCN(c2cc(C(=O)O)c3cc(NS(=O)(=O)c4ccccc4C)ccc3n2)CC1. The average Bonchev–Trinajstić information content (AvgIpc) is 2.87. The molecule has 196 valence electrons. The Balaban J connectivity index is 1.54. The molecule has 0 aliphatic carbocycles. The first-order valence-corrected chi connectivity index (χ1v) is 13.7. The fraction of sp³-hybridized carbons (Fsp3) is 0.346. The van der Waals surface area contributed by atoms with Gasteiger partial charge in [0.25, 0.3) is 10.0 Å². The smallest absolute Gasteiger partial charge is 0.336 e. The number of sulfonamides is 1.